The first kappa shape index (κ1) is 39.8. The van der Waals surface area contributed by atoms with Crippen LogP contribution in [-0.2, 0) is 18.9 Å². The Balaban J connectivity index is 1.40. The molecule has 298 valence electrons. The number of rotatable bonds is 10. The zero-order chi connectivity index (χ0) is 39.2. The van der Waals surface area contributed by atoms with Gasteiger partial charge in [0.05, 0.1) is 33.5 Å². The van der Waals surface area contributed by atoms with E-state index in [2.05, 4.69) is 0 Å². The minimum Gasteiger partial charge on any atom is -0.504 e. The summed E-state index contributed by atoms with van der Waals surface area (Å²) in [5.74, 6) is -1.17. The van der Waals surface area contributed by atoms with Crippen LogP contribution in [0.4, 0.5) is 0 Å². The third-order valence-corrected chi connectivity index (χ3v) is 9.42. The second-order valence-corrected chi connectivity index (χ2v) is 12.9. The van der Waals surface area contributed by atoms with E-state index in [9.17, 15) is 55.9 Å². The number of hydrogen-bond donors (Lipinski definition) is 10. The Hall–Kier alpha value is -3.87. The van der Waals surface area contributed by atoms with Crippen molar-refractivity contribution in [3.8, 4) is 40.1 Å². The molecule has 2 aromatic carbocycles. The van der Waals surface area contributed by atoms with Crippen molar-refractivity contribution in [1.82, 2.24) is 0 Å². The van der Waals surface area contributed by atoms with Gasteiger partial charge in [0, 0.05) is 17.7 Å². The van der Waals surface area contributed by atoms with E-state index in [1.165, 1.54) is 39.3 Å². The van der Waals surface area contributed by atoms with E-state index in [0.717, 1.165) is 12.1 Å². The van der Waals surface area contributed by atoms with Gasteiger partial charge >= 0.3 is 0 Å². The second kappa shape index (κ2) is 16.1. The van der Waals surface area contributed by atoms with Gasteiger partial charge in [-0.1, -0.05) is 0 Å². The number of methoxy groups -OCH3 is 2. The summed E-state index contributed by atoms with van der Waals surface area (Å²) in [6.45, 7) is 0.150. The molecule has 3 aliphatic heterocycles. The van der Waals surface area contributed by atoms with Crippen molar-refractivity contribution in [3.05, 3.63) is 40.6 Å². The van der Waals surface area contributed by atoms with Crippen LogP contribution in [0.5, 0.6) is 28.7 Å². The lowest BCUT2D eigenvalue weighted by atomic mass is 9.98. The van der Waals surface area contributed by atoms with Crippen molar-refractivity contribution in [2.45, 2.75) is 92.9 Å². The molecule has 14 unspecified atom stereocenters. The van der Waals surface area contributed by atoms with Crippen molar-refractivity contribution >= 4 is 11.0 Å². The lowest BCUT2D eigenvalue weighted by molar-refractivity contribution is -0.339. The van der Waals surface area contributed by atoms with Gasteiger partial charge in [0.25, 0.3) is 0 Å². The standard InChI is InChI=1S/C34H42O20/c1-11-22(39)24(41)27(44)33(49-11)51-18-8-19(30(47-3)31-21(18)14(37)7-16(50-31)12-4-5-13(36)17(6-12)46-2)52-34-28(45)25(42)29(20(9-35)53-34)54-32-26(43)23(40)15(38)10-48-32/h4-8,11,15,20,22-29,32-36,38-45H,9-10H2,1-3H3. The van der Waals surface area contributed by atoms with Crippen molar-refractivity contribution in [3.63, 3.8) is 0 Å². The molecule has 0 aliphatic carbocycles. The molecule has 6 rings (SSSR count). The van der Waals surface area contributed by atoms with Crippen LogP contribution < -0.4 is 24.4 Å². The van der Waals surface area contributed by atoms with E-state index in [0.29, 0.717) is 0 Å². The molecule has 0 saturated carbocycles. The quantitative estimate of drug-likeness (QED) is 0.0984. The van der Waals surface area contributed by atoms with Crippen LogP contribution >= 0.6 is 0 Å². The topological polar surface area (TPSA) is 306 Å². The Bertz CT molecular complexity index is 1830. The lowest BCUT2D eigenvalue weighted by Gasteiger charge is -2.44. The smallest absolute Gasteiger partial charge is 0.229 e. The highest BCUT2D eigenvalue weighted by Crippen LogP contribution is 2.44. The Morgan fingerprint density at radius 1 is 0.741 bits per heavy atom. The summed E-state index contributed by atoms with van der Waals surface area (Å²) in [7, 11) is 2.52. The van der Waals surface area contributed by atoms with Crippen molar-refractivity contribution in [2.75, 3.05) is 27.4 Å². The molecule has 3 fully saturated rings. The maximum Gasteiger partial charge on any atom is 0.229 e. The number of benzene rings is 2. The average Bonchev–Trinajstić information content (AvgIpc) is 3.15. The first-order valence-electron chi connectivity index (χ1n) is 16.7. The van der Waals surface area contributed by atoms with Gasteiger partial charge < -0.3 is 93.4 Å². The molecule has 20 nitrogen and oxygen atoms in total. The number of fused-ring (bicyclic) bond motifs is 1. The molecule has 0 spiro atoms. The highest BCUT2D eigenvalue weighted by molar-refractivity contribution is 5.92. The second-order valence-electron chi connectivity index (χ2n) is 12.9. The summed E-state index contributed by atoms with van der Waals surface area (Å²) in [5, 5.41) is 104. The average molecular weight is 771 g/mol. The number of hydrogen-bond acceptors (Lipinski definition) is 20. The van der Waals surface area contributed by atoms with E-state index in [4.69, 9.17) is 42.3 Å². The summed E-state index contributed by atoms with van der Waals surface area (Å²) >= 11 is 0. The molecular weight excluding hydrogens is 728 g/mol. The molecule has 3 aliphatic rings. The summed E-state index contributed by atoms with van der Waals surface area (Å²) in [6.07, 6.45) is -22.8. The van der Waals surface area contributed by atoms with Gasteiger partial charge in [-0.05, 0) is 25.1 Å². The van der Waals surface area contributed by atoms with Crippen LogP contribution in [0.15, 0.2) is 39.5 Å². The molecule has 20 heteroatoms. The number of phenols is 1. The van der Waals surface area contributed by atoms with Crippen LogP contribution in [-0.4, -0.2) is 165 Å². The molecule has 0 bridgehead atoms. The third kappa shape index (κ3) is 7.41. The molecular formula is C34H42O20. The minimum atomic E-state index is -1.96. The van der Waals surface area contributed by atoms with Crippen molar-refractivity contribution in [1.29, 1.82) is 0 Å². The van der Waals surface area contributed by atoms with Gasteiger partial charge in [-0.25, -0.2) is 0 Å². The monoisotopic (exact) mass is 770 g/mol. The number of phenolic OH excluding ortho intramolecular Hbond substituents is 1. The normalized spacial score (nSPS) is 35.8. The maximum absolute atomic E-state index is 13.8. The van der Waals surface area contributed by atoms with Crippen LogP contribution in [0.2, 0.25) is 0 Å². The van der Waals surface area contributed by atoms with Gasteiger partial charge in [-0.2, -0.15) is 0 Å². The lowest BCUT2D eigenvalue weighted by Crippen LogP contribution is -2.63. The van der Waals surface area contributed by atoms with Gasteiger partial charge in [0.1, 0.15) is 77.9 Å². The molecule has 3 saturated heterocycles. The Kier molecular flexibility index (Phi) is 11.9. The summed E-state index contributed by atoms with van der Waals surface area (Å²) in [5.41, 5.74) is -0.753. The van der Waals surface area contributed by atoms with Gasteiger partial charge in [-0.15, -0.1) is 0 Å². The predicted molar refractivity (Wildman–Crippen MR) is 177 cm³/mol. The van der Waals surface area contributed by atoms with E-state index < -0.39 is 105 Å². The van der Waals surface area contributed by atoms with Gasteiger partial charge in [0.15, 0.2) is 34.6 Å². The Morgan fingerprint density at radius 2 is 1.41 bits per heavy atom. The third-order valence-electron chi connectivity index (χ3n) is 9.42. The molecule has 0 amide bonds. The fourth-order valence-electron chi connectivity index (χ4n) is 6.34. The van der Waals surface area contributed by atoms with E-state index in [1.807, 2.05) is 0 Å². The fraction of sp³-hybridized carbons (Fsp3) is 0.559. The predicted octanol–water partition coefficient (Wildman–Crippen LogP) is -2.97. The largest absolute Gasteiger partial charge is 0.504 e. The molecule has 14 atom stereocenters. The summed E-state index contributed by atoms with van der Waals surface area (Å²) < 4.78 is 51.0. The fourth-order valence-corrected chi connectivity index (χ4v) is 6.34. The van der Waals surface area contributed by atoms with E-state index in [1.54, 1.807) is 0 Å². The van der Waals surface area contributed by atoms with E-state index in [-0.39, 0.29) is 51.0 Å². The summed E-state index contributed by atoms with van der Waals surface area (Å²) in [6, 6.07) is 6.33. The van der Waals surface area contributed by atoms with Crippen LogP contribution in [0.25, 0.3) is 22.3 Å². The maximum atomic E-state index is 13.8. The van der Waals surface area contributed by atoms with Crippen LogP contribution in [0, 0.1) is 0 Å². The van der Waals surface area contributed by atoms with Crippen LogP contribution in [0.1, 0.15) is 6.92 Å². The molecule has 54 heavy (non-hydrogen) atoms. The SMILES string of the molecule is COc1cc(-c2cc(=O)c3c(OC4OC(C)C(O)C(O)C4O)cc(OC4OC(CO)C(OC5OCC(O)C(O)C5O)C(O)C4O)c(OC)c3o2)ccc1O. The molecule has 4 heterocycles. The Labute approximate surface area is 305 Å². The first-order valence-corrected chi connectivity index (χ1v) is 16.7. The number of aliphatic hydroxyl groups is 9. The molecule has 10 N–H and O–H groups in total. The highest BCUT2D eigenvalue weighted by atomic mass is 16.7. The summed E-state index contributed by atoms with van der Waals surface area (Å²) in [4.78, 5) is 13.8. The van der Waals surface area contributed by atoms with Crippen LogP contribution in [0.3, 0.4) is 0 Å². The zero-order valence-electron chi connectivity index (χ0n) is 28.9. The van der Waals surface area contributed by atoms with Gasteiger partial charge in [-0.3, -0.25) is 4.79 Å². The Morgan fingerprint density at radius 3 is 2.09 bits per heavy atom. The number of aromatic hydroxyl groups is 1. The number of aliphatic hydroxyl groups excluding tert-OH is 9. The zero-order valence-corrected chi connectivity index (χ0v) is 28.9. The van der Waals surface area contributed by atoms with Gasteiger partial charge in [0.2, 0.25) is 18.3 Å². The molecule has 3 aromatic rings. The van der Waals surface area contributed by atoms with E-state index >= 15 is 0 Å². The number of ether oxygens (including phenoxy) is 8. The molecule has 1 aromatic heterocycles. The van der Waals surface area contributed by atoms with Crippen molar-refractivity contribution < 1.29 is 93.4 Å². The first-order chi connectivity index (χ1) is 25.7. The highest BCUT2D eigenvalue weighted by Gasteiger charge is 2.50. The minimum absolute atomic E-state index is 0.0530. The van der Waals surface area contributed by atoms with Crippen molar-refractivity contribution in [2.24, 2.45) is 0 Å². The molecule has 0 radical (unpaired) electrons.